The van der Waals surface area contributed by atoms with Crippen molar-refractivity contribution < 1.29 is 0 Å². The molecule has 1 heteroatoms. The molecule has 0 heterocycles. The monoisotopic (exact) mass is 264 g/mol. The van der Waals surface area contributed by atoms with E-state index in [-0.39, 0.29) is 0 Å². The summed E-state index contributed by atoms with van der Waals surface area (Å²) in [5.74, 6) is 0. The van der Waals surface area contributed by atoms with E-state index in [0.717, 1.165) is 21.7 Å². The van der Waals surface area contributed by atoms with Crippen molar-refractivity contribution in [3.05, 3.63) is 89.5 Å². The summed E-state index contributed by atoms with van der Waals surface area (Å²) in [6, 6.07) is 22.4. The summed E-state index contributed by atoms with van der Waals surface area (Å²) >= 11 is 6.26. The first-order chi connectivity index (χ1) is 9.27. The zero-order valence-corrected chi connectivity index (χ0v) is 11.2. The molecule has 0 amide bonds. The van der Waals surface area contributed by atoms with Gasteiger partial charge in [-0.25, -0.2) is 0 Å². The van der Waals surface area contributed by atoms with Crippen LogP contribution in [0.4, 0.5) is 0 Å². The third-order valence-corrected chi connectivity index (χ3v) is 3.64. The van der Waals surface area contributed by atoms with Gasteiger partial charge in [-0.05, 0) is 28.0 Å². The Balaban J connectivity index is 2.20. The van der Waals surface area contributed by atoms with Crippen LogP contribution in [0.2, 0.25) is 5.02 Å². The maximum absolute atomic E-state index is 6.26. The van der Waals surface area contributed by atoms with Crippen LogP contribution < -0.4 is 0 Å². The highest BCUT2D eigenvalue weighted by Crippen LogP contribution is 2.32. The van der Waals surface area contributed by atoms with Crippen molar-refractivity contribution in [2.45, 2.75) is 0 Å². The van der Waals surface area contributed by atoms with Crippen molar-refractivity contribution in [3.8, 4) is 0 Å². The molecule has 19 heavy (non-hydrogen) atoms. The summed E-state index contributed by atoms with van der Waals surface area (Å²) in [7, 11) is 0. The Kier molecular flexibility index (Phi) is 3.10. The molecule has 0 N–H and O–H groups in total. The molecule has 0 fully saturated rings. The fraction of sp³-hybridized carbons (Fsp3) is 0. The molecule has 3 aromatic rings. The van der Waals surface area contributed by atoms with Gasteiger partial charge in [0.05, 0.1) is 0 Å². The van der Waals surface area contributed by atoms with Crippen LogP contribution in [-0.2, 0) is 0 Å². The molecule has 0 aliphatic carbocycles. The summed E-state index contributed by atoms with van der Waals surface area (Å²) in [6.07, 6.45) is 0. The number of halogens is 1. The van der Waals surface area contributed by atoms with E-state index in [0.29, 0.717) is 0 Å². The summed E-state index contributed by atoms with van der Waals surface area (Å²) in [6.45, 7) is 4.22. The van der Waals surface area contributed by atoms with Crippen LogP contribution in [0.5, 0.6) is 0 Å². The maximum atomic E-state index is 6.26. The number of benzene rings is 3. The van der Waals surface area contributed by atoms with Gasteiger partial charge >= 0.3 is 0 Å². The lowest BCUT2D eigenvalue weighted by Crippen LogP contribution is -1.89. The molecule has 0 aromatic heterocycles. The van der Waals surface area contributed by atoms with Crippen LogP contribution in [0.3, 0.4) is 0 Å². The smallest absolute Gasteiger partial charge is 0.0484 e. The highest BCUT2D eigenvalue weighted by molar-refractivity contribution is 6.32. The van der Waals surface area contributed by atoms with E-state index in [1.165, 1.54) is 10.8 Å². The van der Waals surface area contributed by atoms with Gasteiger partial charge in [0.1, 0.15) is 0 Å². The second-order valence-corrected chi connectivity index (χ2v) is 4.89. The van der Waals surface area contributed by atoms with Gasteiger partial charge in [-0.3, -0.25) is 0 Å². The van der Waals surface area contributed by atoms with Crippen LogP contribution in [0.25, 0.3) is 16.3 Å². The van der Waals surface area contributed by atoms with Gasteiger partial charge < -0.3 is 0 Å². The Hall–Kier alpha value is -2.05. The average Bonchev–Trinajstić information content (AvgIpc) is 2.46. The molecule has 0 nitrogen and oxygen atoms in total. The largest absolute Gasteiger partial charge is 0.0905 e. The van der Waals surface area contributed by atoms with Gasteiger partial charge in [0.2, 0.25) is 0 Å². The Morgan fingerprint density at radius 3 is 2.21 bits per heavy atom. The fourth-order valence-electron chi connectivity index (χ4n) is 2.34. The van der Waals surface area contributed by atoms with Gasteiger partial charge in [0, 0.05) is 10.6 Å². The minimum Gasteiger partial charge on any atom is -0.0905 e. The van der Waals surface area contributed by atoms with Gasteiger partial charge in [0.25, 0.3) is 0 Å². The summed E-state index contributed by atoms with van der Waals surface area (Å²) < 4.78 is 0. The van der Waals surface area contributed by atoms with E-state index >= 15 is 0 Å². The quantitative estimate of drug-likeness (QED) is 0.569. The lowest BCUT2D eigenvalue weighted by Gasteiger charge is -2.11. The predicted octanol–water partition coefficient (Wildman–Crippen LogP) is 5.55. The van der Waals surface area contributed by atoms with Crippen molar-refractivity contribution in [1.82, 2.24) is 0 Å². The molecule has 3 rings (SSSR count). The Bertz CT molecular complexity index is 751. The summed E-state index contributed by atoms with van der Waals surface area (Å²) in [4.78, 5) is 0. The van der Waals surface area contributed by atoms with Crippen molar-refractivity contribution in [3.63, 3.8) is 0 Å². The first-order valence-electron chi connectivity index (χ1n) is 6.19. The van der Waals surface area contributed by atoms with E-state index in [1.807, 2.05) is 36.4 Å². The van der Waals surface area contributed by atoms with E-state index < -0.39 is 0 Å². The van der Waals surface area contributed by atoms with Crippen LogP contribution in [0.15, 0.2) is 73.3 Å². The normalized spacial score (nSPS) is 10.6. The second-order valence-electron chi connectivity index (χ2n) is 4.49. The Labute approximate surface area is 118 Å². The van der Waals surface area contributed by atoms with Crippen LogP contribution in [0, 0.1) is 0 Å². The summed E-state index contributed by atoms with van der Waals surface area (Å²) in [5, 5.41) is 3.16. The molecular weight excluding hydrogens is 252 g/mol. The number of rotatable bonds is 2. The van der Waals surface area contributed by atoms with E-state index in [1.54, 1.807) is 0 Å². The Morgan fingerprint density at radius 1 is 0.737 bits per heavy atom. The molecule has 0 spiro atoms. The standard InChI is InChI=1S/C18H13Cl/c1-13(16-9-4-5-12-18(16)19)15-11-6-8-14-7-2-3-10-17(14)15/h2-12H,1H2. The van der Waals surface area contributed by atoms with Crippen molar-refractivity contribution in [2.24, 2.45) is 0 Å². The zero-order chi connectivity index (χ0) is 13.2. The average molecular weight is 265 g/mol. The molecule has 0 aliphatic rings. The maximum Gasteiger partial charge on any atom is 0.0484 e. The first-order valence-corrected chi connectivity index (χ1v) is 6.57. The minimum atomic E-state index is 0.737. The molecule has 0 saturated heterocycles. The molecule has 0 bridgehead atoms. The van der Waals surface area contributed by atoms with E-state index in [4.69, 9.17) is 11.6 Å². The molecule has 0 aliphatic heterocycles. The minimum absolute atomic E-state index is 0.737. The first kappa shape index (κ1) is 12.0. The van der Waals surface area contributed by atoms with Crippen molar-refractivity contribution >= 4 is 27.9 Å². The highest BCUT2D eigenvalue weighted by atomic mass is 35.5. The third-order valence-electron chi connectivity index (χ3n) is 3.31. The Morgan fingerprint density at radius 2 is 1.37 bits per heavy atom. The van der Waals surface area contributed by atoms with E-state index in [9.17, 15) is 0 Å². The predicted molar refractivity (Wildman–Crippen MR) is 83.5 cm³/mol. The molecule has 0 unspecified atom stereocenters. The van der Waals surface area contributed by atoms with Gasteiger partial charge in [-0.2, -0.15) is 0 Å². The van der Waals surface area contributed by atoms with Crippen molar-refractivity contribution in [2.75, 3.05) is 0 Å². The molecule has 0 atom stereocenters. The van der Waals surface area contributed by atoms with Gasteiger partial charge in [0.15, 0.2) is 0 Å². The molecule has 0 radical (unpaired) electrons. The number of fused-ring (bicyclic) bond motifs is 1. The highest BCUT2D eigenvalue weighted by Gasteiger charge is 2.08. The van der Waals surface area contributed by atoms with Crippen molar-refractivity contribution in [1.29, 1.82) is 0 Å². The molecule has 3 aromatic carbocycles. The molecule has 0 saturated carbocycles. The van der Waals surface area contributed by atoms with Crippen LogP contribution >= 0.6 is 11.6 Å². The zero-order valence-electron chi connectivity index (χ0n) is 10.4. The fourth-order valence-corrected chi connectivity index (χ4v) is 2.59. The van der Waals surface area contributed by atoms with Crippen LogP contribution in [-0.4, -0.2) is 0 Å². The van der Waals surface area contributed by atoms with E-state index in [2.05, 4.69) is 36.9 Å². The second kappa shape index (κ2) is 4.91. The van der Waals surface area contributed by atoms with Crippen LogP contribution in [0.1, 0.15) is 11.1 Å². The molecule has 92 valence electrons. The lowest BCUT2D eigenvalue weighted by atomic mass is 9.94. The molecular formula is C18H13Cl. The lowest BCUT2D eigenvalue weighted by molar-refractivity contribution is 1.58. The van der Waals surface area contributed by atoms with Gasteiger partial charge in [-0.15, -0.1) is 0 Å². The topological polar surface area (TPSA) is 0 Å². The number of hydrogen-bond donors (Lipinski definition) is 0. The van der Waals surface area contributed by atoms with Gasteiger partial charge in [-0.1, -0.05) is 78.8 Å². The number of hydrogen-bond acceptors (Lipinski definition) is 0. The SMILES string of the molecule is C=C(c1ccccc1Cl)c1cccc2ccccc12. The third kappa shape index (κ3) is 2.16. The summed E-state index contributed by atoms with van der Waals surface area (Å²) in [5.41, 5.74) is 3.08.